The van der Waals surface area contributed by atoms with Crippen molar-refractivity contribution < 1.29 is 38.2 Å². The second-order valence-electron chi connectivity index (χ2n) is 17.4. The SMILES string of the molecule is C/C=C1\CC(S)C(=O)N1CCC(=O)N(CCCOc1cc(C=O)cc2nc(NC(=O)c3cc(C)nn3CC)n(C/C=C/Cn3c(NC(=O)C(/C=C(/C)N)=NCC)nc4cc(C(N)=O)cc(OC)c43)c12)C1CC1. The minimum Gasteiger partial charge on any atom is -0.494 e. The molecule has 5 aromatic rings. The molecule has 1 saturated carbocycles. The molecule has 0 radical (unpaired) electrons. The molecule has 1 aliphatic heterocycles. The van der Waals surface area contributed by atoms with Crippen molar-refractivity contribution in [2.45, 2.75) is 97.6 Å². The number of carbonyl (C=O) groups is 6. The number of aldehydes is 1. The highest BCUT2D eigenvalue weighted by atomic mass is 32.1. The second kappa shape index (κ2) is 23.0. The molecule has 5 amide bonds. The highest BCUT2D eigenvalue weighted by Crippen LogP contribution is 2.34. The number of aromatic nitrogens is 6. The third kappa shape index (κ3) is 11.7. The maximum atomic E-state index is 13.9. The number of primary amides is 1. The van der Waals surface area contributed by atoms with Crippen LogP contribution in [-0.2, 0) is 34.0 Å². The van der Waals surface area contributed by atoms with Crippen molar-refractivity contribution in [3.63, 3.8) is 0 Å². The lowest BCUT2D eigenvalue weighted by atomic mass is 10.1. The number of rotatable bonds is 23. The molecule has 72 heavy (non-hydrogen) atoms. The van der Waals surface area contributed by atoms with Gasteiger partial charge in [-0.05, 0) is 90.3 Å². The maximum Gasteiger partial charge on any atom is 0.276 e. The van der Waals surface area contributed by atoms with Crippen LogP contribution in [0.3, 0.4) is 0 Å². The summed E-state index contributed by atoms with van der Waals surface area (Å²) >= 11 is 4.41. The summed E-state index contributed by atoms with van der Waals surface area (Å²) in [5, 5.41) is 9.82. The van der Waals surface area contributed by atoms with E-state index in [1.54, 1.807) is 57.7 Å². The number of likely N-dealkylation sites (tertiary alicyclic amines) is 1. The minimum atomic E-state index is -0.696. The Labute approximate surface area is 421 Å². The van der Waals surface area contributed by atoms with Crippen molar-refractivity contribution in [3.8, 4) is 11.5 Å². The zero-order valence-electron chi connectivity index (χ0n) is 41.3. The van der Waals surface area contributed by atoms with Crippen LogP contribution in [0.4, 0.5) is 11.9 Å². The Morgan fingerprint density at radius 3 is 2.26 bits per heavy atom. The molecule has 0 spiro atoms. The average molecular weight is 1000 g/mol. The Balaban J connectivity index is 1.19. The van der Waals surface area contributed by atoms with Gasteiger partial charge in [0.2, 0.25) is 29.6 Å². The van der Waals surface area contributed by atoms with Crippen molar-refractivity contribution in [3.05, 3.63) is 88.5 Å². The molecule has 0 bridgehead atoms. The van der Waals surface area contributed by atoms with Gasteiger partial charge in [0.25, 0.3) is 11.8 Å². The van der Waals surface area contributed by atoms with E-state index >= 15 is 0 Å². The molecule has 1 unspecified atom stereocenters. The molecule has 1 saturated heterocycles. The molecular weight excluding hydrogens is 943 g/mol. The summed E-state index contributed by atoms with van der Waals surface area (Å²) < 4.78 is 17.2. The van der Waals surface area contributed by atoms with E-state index in [2.05, 4.69) is 38.3 Å². The molecule has 1 atom stereocenters. The number of ether oxygens (including phenoxy) is 2. The molecule has 2 aromatic carbocycles. The van der Waals surface area contributed by atoms with E-state index in [9.17, 15) is 28.8 Å². The van der Waals surface area contributed by atoms with Crippen LogP contribution < -0.4 is 31.6 Å². The Morgan fingerprint density at radius 2 is 1.65 bits per heavy atom. The van der Waals surface area contributed by atoms with Gasteiger partial charge in [-0.15, -0.1) is 0 Å². The van der Waals surface area contributed by atoms with Crippen LogP contribution >= 0.6 is 12.6 Å². The molecule has 6 N–H and O–H groups in total. The van der Waals surface area contributed by atoms with Gasteiger partial charge < -0.3 is 39.9 Å². The fraction of sp³-hybridized carbons (Fsp3) is 0.400. The number of hydrogen-bond acceptors (Lipinski definition) is 14. The van der Waals surface area contributed by atoms with Crippen molar-refractivity contribution in [2.24, 2.45) is 16.5 Å². The number of hydrogen-bond donors (Lipinski definition) is 5. The normalized spacial score (nSPS) is 15.8. The number of amides is 5. The number of aliphatic imine (C=N–C) groups is 1. The molecule has 2 fully saturated rings. The average Bonchev–Trinajstić information content (AvgIpc) is 3.77. The summed E-state index contributed by atoms with van der Waals surface area (Å²) in [6, 6.07) is 8.02. The number of nitrogens with two attached hydrogens (primary N) is 2. The van der Waals surface area contributed by atoms with Crippen molar-refractivity contribution >= 4 is 88.1 Å². The van der Waals surface area contributed by atoms with Crippen LogP contribution in [0.1, 0.15) is 96.7 Å². The molecule has 2 aliphatic rings. The first-order valence-corrected chi connectivity index (χ1v) is 24.4. The lowest BCUT2D eigenvalue weighted by Crippen LogP contribution is -2.37. The lowest BCUT2D eigenvalue weighted by molar-refractivity contribution is -0.133. The number of imidazole rings is 2. The number of aryl methyl sites for hydroxylation is 2. The van der Waals surface area contributed by atoms with E-state index < -0.39 is 23.0 Å². The second-order valence-corrected chi connectivity index (χ2v) is 18.0. The summed E-state index contributed by atoms with van der Waals surface area (Å²) in [6.45, 7) is 10.9. The molecule has 4 heterocycles. The zero-order chi connectivity index (χ0) is 51.8. The quantitative estimate of drug-likeness (QED) is 0.0186. The fourth-order valence-corrected chi connectivity index (χ4v) is 8.97. The van der Waals surface area contributed by atoms with Gasteiger partial charge in [0.1, 0.15) is 40.2 Å². The Morgan fingerprint density at radius 1 is 0.972 bits per heavy atom. The molecule has 21 nitrogen and oxygen atoms in total. The number of allylic oxidation sites excluding steroid dienone is 5. The topological polar surface area (TPSA) is 269 Å². The molecular formula is C50H61N13O8S. The number of benzene rings is 2. The Kier molecular flexibility index (Phi) is 16.6. The summed E-state index contributed by atoms with van der Waals surface area (Å²) in [6.07, 6.45) is 10.7. The molecule has 7 rings (SSSR count). The minimum absolute atomic E-state index is 0.0421. The highest BCUT2D eigenvalue weighted by molar-refractivity contribution is 7.81. The van der Waals surface area contributed by atoms with Gasteiger partial charge in [0.05, 0.1) is 35.7 Å². The molecule has 380 valence electrons. The number of nitrogens with zero attached hydrogens (tertiary/aromatic N) is 9. The number of nitrogens with one attached hydrogen (secondary N) is 2. The third-order valence-electron chi connectivity index (χ3n) is 12.1. The van der Waals surface area contributed by atoms with Crippen LogP contribution in [0.2, 0.25) is 0 Å². The Hall–Kier alpha value is -7.75. The highest BCUT2D eigenvalue weighted by Gasteiger charge is 2.36. The lowest BCUT2D eigenvalue weighted by Gasteiger charge is -2.24. The van der Waals surface area contributed by atoms with E-state index in [-0.39, 0.29) is 79.4 Å². The van der Waals surface area contributed by atoms with E-state index in [1.807, 2.05) is 37.0 Å². The van der Waals surface area contributed by atoms with E-state index in [4.69, 9.17) is 25.9 Å². The largest absolute Gasteiger partial charge is 0.494 e. The van der Waals surface area contributed by atoms with Gasteiger partial charge in [-0.1, -0.05) is 18.2 Å². The number of methoxy groups -OCH3 is 1. The van der Waals surface area contributed by atoms with Gasteiger partial charge in [0.15, 0.2) is 0 Å². The van der Waals surface area contributed by atoms with Crippen molar-refractivity contribution in [1.82, 2.24) is 38.7 Å². The number of fused-ring (bicyclic) bond motifs is 2. The smallest absolute Gasteiger partial charge is 0.276 e. The number of carbonyl (C=O) groups excluding carboxylic acids is 6. The zero-order valence-corrected chi connectivity index (χ0v) is 42.2. The third-order valence-corrected chi connectivity index (χ3v) is 12.5. The van der Waals surface area contributed by atoms with Crippen LogP contribution in [0.25, 0.3) is 22.1 Å². The monoisotopic (exact) mass is 1000 g/mol. The first-order chi connectivity index (χ1) is 34.6. The van der Waals surface area contributed by atoms with E-state index in [0.29, 0.717) is 89.2 Å². The van der Waals surface area contributed by atoms with Crippen molar-refractivity contribution in [1.29, 1.82) is 0 Å². The number of thiol groups is 1. The molecule has 1 aliphatic carbocycles. The standard InChI is InChI=1S/C50H61N13O8S/c1-7-33-27-41(72)48(69)60(33)19-15-42(65)59(34-13-14-34)18-12-20-71-40-24-31(28-64)23-35-44(40)62(50(54-35)57-47(68)38-22-30(5)58-63(38)9-3)17-11-10-16-61-43-36(25-32(45(52)66)26-39(43)70-6)55-49(61)56-46(67)37(53-8-2)21-29(4)51/h7,10-11,21-26,28,34,41,72H,8-9,12-20,27,51H2,1-6H3,(H2,52,66)(H,54,57,68)(H,55,56,67)/b11-10+,29-21-,33-7+,53-37?. The van der Waals surface area contributed by atoms with Crippen LogP contribution in [0, 0.1) is 6.92 Å². The van der Waals surface area contributed by atoms with Gasteiger partial charge in [-0.3, -0.25) is 49.1 Å². The summed E-state index contributed by atoms with van der Waals surface area (Å²) in [7, 11) is 1.44. The van der Waals surface area contributed by atoms with Crippen molar-refractivity contribution in [2.75, 3.05) is 44.0 Å². The predicted octanol–water partition coefficient (Wildman–Crippen LogP) is 5.19. The summed E-state index contributed by atoms with van der Waals surface area (Å²) in [5.41, 5.74) is 16.0. The van der Waals surface area contributed by atoms with Crippen LogP contribution in [0.5, 0.6) is 11.5 Å². The number of anilines is 2. The first kappa shape index (κ1) is 52.1. The van der Waals surface area contributed by atoms with Gasteiger partial charge in [-0.25, -0.2) is 9.97 Å². The van der Waals surface area contributed by atoms with Gasteiger partial charge in [0, 0.05) is 80.7 Å². The van der Waals surface area contributed by atoms with Crippen LogP contribution in [-0.4, -0.2) is 125 Å². The van der Waals surface area contributed by atoms with Crippen LogP contribution in [0.15, 0.2) is 71.0 Å². The van der Waals surface area contributed by atoms with E-state index in [0.717, 1.165) is 18.5 Å². The summed E-state index contributed by atoms with van der Waals surface area (Å²) in [4.78, 5) is 95.8. The summed E-state index contributed by atoms with van der Waals surface area (Å²) in [5.74, 6) is -0.975. The van der Waals surface area contributed by atoms with Gasteiger partial charge in [-0.2, -0.15) is 17.7 Å². The molecule has 22 heteroatoms. The fourth-order valence-electron chi connectivity index (χ4n) is 8.64. The first-order valence-electron chi connectivity index (χ1n) is 23.8. The maximum absolute atomic E-state index is 13.9. The van der Waals surface area contributed by atoms with E-state index in [1.165, 1.54) is 25.3 Å². The van der Waals surface area contributed by atoms with Gasteiger partial charge >= 0.3 is 0 Å². The Bertz CT molecular complexity index is 3050. The predicted molar refractivity (Wildman–Crippen MR) is 277 cm³/mol. The molecule has 3 aromatic heterocycles.